The highest BCUT2D eigenvalue weighted by Crippen LogP contribution is 2.21. The zero-order valence-corrected chi connectivity index (χ0v) is 8.37. The van der Waals surface area contributed by atoms with Gasteiger partial charge in [0.05, 0.1) is 13.0 Å². The first kappa shape index (κ1) is 14.4. The Bertz CT molecular complexity index is 298. The summed E-state index contributed by atoms with van der Waals surface area (Å²) in [5, 5.41) is 10.6. The van der Waals surface area contributed by atoms with Crippen molar-refractivity contribution in [2.75, 3.05) is 6.61 Å². The molecule has 0 amide bonds. The van der Waals surface area contributed by atoms with Crippen molar-refractivity contribution in [2.24, 2.45) is 5.16 Å². The Morgan fingerprint density at radius 1 is 1.38 bits per heavy atom. The lowest BCUT2D eigenvalue weighted by molar-refractivity contribution is -0.142. The van der Waals surface area contributed by atoms with Crippen LogP contribution < -0.4 is 0 Å². The number of alkyl halides is 3. The molecular formula is C8H10F3NO4. The van der Waals surface area contributed by atoms with Crippen LogP contribution in [0.2, 0.25) is 0 Å². The summed E-state index contributed by atoms with van der Waals surface area (Å²) in [7, 11) is 0. The van der Waals surface area contributed by atoms with Crippen LogP contribution in [0.1, 0.15) is 19.8 Å². The highest BCUT2D eigenvalue weighted by molar-refractivity contribution is 6.64. The van der Waals surface area contributed by atoms with Gasteiger partial charge in [-0.3, -0.25) is 4.79 Å². The molecule has 0 saturated heterocycles. The van der Waals surface area contributed by atoms with Gasteiger partial charge in [0.25, 0.3) is 0 Å². The van der Waals surface area contributed by atoms with Gasteiger partial charge in [-0.2, -0.15) is 13.2 Å². The van der Waals surface area contributed by atoms with E-state index >= 15 is 0 Å². The molecule has 0 aromatic rings. The summed E-state index contributed by atoms with van der Waals surface area (Å²) >= 11 is 0. The molecule has 0 aliphatic heterocycles. The van der Waals surface area contributed by atoms with E-state index in [9.17, 15) is 22.8 Å². The first-order valence-electron chi connectivity index (χ1n) is 4.31. The highest BCUT2D eigenvalue weighted by Gasteiger charge is 2.31. The van der Waals surface area contributed by atoms with Crippen LogP contribution in [0.15, 0.2) is 5.16 Å². The number of ether oxygens (including phenoxy) is 1. The summed E-state index contributed by atoms with van der Waals surface area (Å²) in [4.78, 5) is 22.0. The number of carbonyl (C=O) groups excluding carboxylic acids is 2. The minimum Gasteiger partial charge on any atom is -0.461 e. The molecule has 16 heavy (non-hydrogen) atoms. The molecule has 0 aliphatic carbocycles. The molecular weight excluding hydrogens is 231 g/mol. The van der Waals surface area contributed by atoms with Gasteiger partial charge < -0.3 is 9.94 Å². The predicted molar refractivity (Wildman–Crippen MR) is 46.2 cm³/mol. The Hall–Kier alpha value is -1.60. The number of ketones is 1. The van der Waals surface area contributed by atoms with E-state index in [-0.39, 0.29) is 6.61 Å². The summed E-state index contributed by atoms with van der Waals surface area (Å²) in [6, 6.07) is 0. The van der Waals surface area contributed by atoms with Crippen LogP contribution in [-0.4, -0.2) is 35.5 Å². The fourth-order valence-corrected chi connectivity index (χ4v) is 0.784. The Labute approximate surface area is 88.9 Å². The quantitative estimate of drug-likeness (QED) is 0.259. The van der Waals surface area contributed by atoms with E-state index in [1.807, 2.05) is 0 Å². The summed E-state index contributed by atoms with van der Waals surface area (Å²) in [5.74, 6) is -2.45. The SMILES string of the molecule is CCOC(=O)/C(=N/O)C(=O)CCC(F)(F)F. The zero-order chi connectivity index (χ0) is 12.8. The zero-order valence-electron chi connectivity index (χ0n) is 8.37. The summed E-state index contributed by atoms with van der Waals surface area (Å²) in [6.45, 7) is 1.36. The van der Waals surface area contributed by atoms with Gasteiger partial charge >= 0.3 is 12.1 Å². The second-order valence-electron chi connectivity index (χ2n) is 2.71. The molecule has 0 aromatic carbocycles. The highest BCUT2D eigenvalue weighted by atomic mass is 19.4. The van der Waals surface area contributed by atoms with Gasteiger partial charge in [-0.25, -0.2) is 4.79 Å². The maximum Gasteiger partial charge on any atom is 0.389 e. The molecule has 5 nitrogen and oxygen atoms in total. The average Bonchev–Trinajstić information content (AvgIpc) is 2.15. The van der Waals surface area contributed by atoms with Gasteiger partial charge in [0, 0.05) is 6.42 Å². The van der Waals surface area contributed by atoms with Crippen molar-refractivity contribution in [1.29, 1.82) is 0 Å². The van der Waals surface area contributed by atoms with E-state index < -0.39 is 36.5 Å². The van der Waals surface area contributed by atoms with Gasteiger partial charge in [-0.15, -0.1) is 0 Å². The van der Waals surface area contributed by atoms with E-state index in [1.54, 1.807) is 0 Å². The van der Waals surface area contributed by atoms with Crippen molar-refractivity contribution in [2.45, 2.75) is 25.9 Å². The van der Waals surface area contributed by atoms with Crippen molar-refractivity contribution in [3.05, 3.63) is 0 Å². The number of Topliss-reactive ketones (excluding diaryl/α,β-unsaturated/α-hetero) is 1. The summed E-state index contributed by atoms with van der Waals surface area (Å²) < 4.78 is 39.6. The maximum atomic E-state index is 11.8. The molecule has 0 saturated carbocycles. The summed E-state index contributed by atoms with van der Waals surface area (Å²) in [6.07, 6.45) is -6.85. The van der Waals surface area contributed by atoms with Crippen molar-refractivity contribution < 1.29 is 32.7 Å². The fraction of sp³-hybridized carbons (Fsp3) is 0.625. The minimum absolute atomic E-state index is 0.0790. The third-order valence-electron chi connectivity index (χ3n) is 1.47. The second-order valence-corrected chi connectivity index (χ2v) is 2.71. The molecule has 92 valence electrons. The molecule has 0 rings (SSSR count). The van der Waals surface area contributed by atoms with Crippen LogP contribution >= 0.6 is 0 Å². The number of hydrogen-bond donors (Lipinski definition) is 1. The van der Waals surface area contributed by atoms with E-state index in [1.165, 1.54) is 6.92 Å². The third-order valence-corrected chi connectivity index (χ3v) is 1.47. The number of hydrogen-bond acceptors (Lipinski definition) is 5. The first-order valence-corrected chi connectivity index (χ1v) is 4.31. The molecule has 0 aliphatic rings. The van der Waals surface area contributed by atoms with Crippen molar-refractivity contribution in [1.82, 2.24) is 0 Å². The van der Waals surface area contributed by atoms with Crippen molar-refractivity contribution in [3.63, 3.8) is 0 Å². The third kappa shape index (κ3) is 5.32. The number of nitrogens with zero attached hydrogens (tertiary/aromatic N) is 1. The number of rotatable bonds is 5. The molecule has 8 heteroatoms. The maximum absolute atomic E-state index is 11.8. The van der Waals surface area contributed by atoms with E-state index in [4.69, 9.17) is 5.21 Å². The standard InChI is InChI=1S/C8H10F3NO4/c1-2-16-7(14)6(12-15)5(13)3-4-8(9,10)11/h15H,2-4H2,1H3/b12-6+. The number of esters is 1. The van der Waals surface area contributed by atoms with E-state index in [0.29, 0.717) is 0 Å². The molecule has 0 aromatic heterocycles. The Morgan fingerprint density at radius 2 is 1.94 bits per heavy atom. The Morgan fingerprint density at radius 3 is 2.31 bits per heavy atom. The number of oxime groups is 1. The molecule has 0 fully saturated rings. The van der Waals surface area contributed by atoms with Crippen LogP contribution in [0.4, 0.5) is 13.2 Å². The molecule has 0 atom stereocenters. The Kier molecular flexibility index (Phi) is 5.48. The van der Waals surface area contributed by atoms with Gasteiger partial charge in [0.15, 0.2) is 5.78 Å². The monoisotopic (exact) mass is 241 g/mol. The van der Waals surface area contributed by atoms with Crippen LogP contribution in [-0.2, 0) is 14.3 Å². The number of carbonyl (C=O) groups is 2. The topological polar surface area (TPSA) is 76.0 Å². The minimum atomic E-state index is -4.51. The lowest BCUT2D eigenvalue weighted by atomic mass is 10.1. The van der Waals surface area contributed by atoms with E-state index in [0.717, 1.165) is 0 Å². The van der Waals surface area contributed by atoms with Crippen LogP contribution in [0.3, 0.4) is 0 Å². The van der Waals surface area contributed by atoms with Gasteiger partial charge in [-0.1, -0.05) is 5.16 Å². The smallest absolute Gasteiger partial charge is 0.389 e. The first-order chi connectivity index (χ1) is 7.31. The molecule has 0 unspecified atom stereocenters. The van der Waals surface area contributed by atoms with Crippen LogP contribution in [0.5, 0.6) is 0 Å². The lowest BCUT2D eigenvalue weighted by Crippen LogP contribution is -2.27. The van der Waals surface area contributed by atoms with E-state index in [2.05, 4.69) is 9.89 Å². The molecule has 0 radical (unpaired) electrons. The second kappa shape index (κ2) is 6.09. The van der Waals surface area contributed by atoms with Crippen LogP contribution in [0.25, 0.3) is 0 Å². The molecule has 1 N–H and O–H groups in total. The average molecular weight is 241 g/mol. The number of halogens is 3. The summed E-state index contributed by atoms with van der Waals surface area (Å²) in [5.41, 5.74) is -1.02. The van der Waals surface area contributed by atoms with Crippen molar-refractivity contribution >= 4 is 17.5 Å². The van der Waals surface area contributed by atoms with Gasteiger partial charge in [0.1, 0.15) is 0 Å². The van der Waals surface area contributed by atoms with Crippen LogP contribution in [0, 0.1) is 0 Å². The largest absolute Gasteiger partial charge is 0.461 e. The fourth-order valence-electron chi connectivity index (χ4n) is 0.784. The Balaban J connectivity index is 4.40. The molecule has 0 spiro atoms. The van der Waals surface area contributed by atoms with Gasteiger partial charge in [0.2, 0.25) is 5.71 Å². The normalized spacial score (nSPS) is 12.4. The predicted octanol–water partition coefficient (Wildman–Crippen LogP) is 1.29. The lowest BCUT2D eigenvalue weighted by Gasteiger charge is -2.05. The van der Waals surface area contributed by atoms with Crippen molar-refractivity contribution in [3.8, 4) is 0 Å². The molecule has 0 heterocycles. The molecule has 0 bridgehead atoms. The van der Waals surface area contributed by atoms with Gasteiger partial charge in [-0.05, 0) is 6.92 Å².